The summed E-state index contributed by atoms with van der Waals surface area (Å²) < 4.78 is 14.8. The molecule has 1 aromatic carbocycles. The minimum atomic E-state index is -1.28. The van der Waals surface area contributed by atoms with Crippen molar-refractivity contribution in [3.05, 3.63) is 41.5 Å². The Balaban J connectivity index is 1.46. The fourth-order valence-electron chi connectivity index (χ4n) is 3.43. The molecule has 130 valence electrons. The lowest BCUT2D eigenvalue weighted by Crippen LogP contribution is -2.49. The summed E-state index contributed by atoms with van der Waals surface area (Å²) in [6.07, 6.45) is 2.86. The van der Waals surface area contributed by atoms with Crippen molar-refractivity contribution in [3.8, 4) is 0 Å². The number of nitrogens with zero attached hydrogens (tertiary/aromatic N) is 1. The monoisotopic (exact) mass is 332 g/mol. The van der Waals surface area contributed by atoms with Gasteiger partial charge in [0.1, 0.15) is 5.67 Å². The number of amides is 1. The first-order valence-electron chi connectivity index (χ1n) is 8.60. The van der Waals surface area contributed by atoms with Crippen molar-refractivity contribution in [1.29, 1.82) is 0 Å². The molecule has 1 amide bonds. The number of likely N-dealkylation sites (tertiary alicyclic amines) is 1. The molecule has 1 aromatic rings. The quantitative estimate of drug-likeness (QED) is 0.867. The van der Waals surface area contributed by atoms with E-state index in [4.69, 9.17) is 5.11 Å². The molecular weight excluding hydrogens is 307 g/mol. The summed E-state index contributed by atoms with van der Waals surface area (Å²) in [4.78, 5) is 12.2. The summed E-state index contributed by atoms with van der Waals surface area (Å²) in [7, 11) is 0. The Morgan fingerprint density at radius 1 is 1.38 bits per heavy atom. The first kappa shape index (κ1) is 17.0. The molecule has 3 rings (SSSR count). The highest BCUT2D eigenvalue weighted by Crippen LogP contribution is 2.38. The van der Waals surface area contributed by atoms with Crippen LogP contribution in [0.25, 0.3) is 6.08 Å². The zero-order valence-electron chi connectivity index (χ0n) is 14.0. The van der Waals surface area contributed by atoms with Gasteiger partial charge < -0.3 is 15.3 Å². The molecule has 0 aromatic heterocycles. The lowest BCUT2D eigenvalue weighted by Gasteiger charge is -2.35. The molecule has 1 aliphatic carbocycles. The molecular formula is C19H25FN2O2. The van der Waals surface area contributed by atoms with Gasteiger partial charge in [0.2, 0.25) is 0 Å². The van der Waals surface area contributed by atoms with Crippen LogP contribution < -0.4 is 5.32 Å². The lowest BCUT2D eigenvalue weighted by molar-refractivity contribution is 0.0565. The Bertz CT molecular complexity index is 609. The Labute approximate surface area is 142 Å². The maximum Gasteiger partial charge on any atom is 0.407 e. The van der Waals surface area contributed by atoms with Gasteiger partial charge in [0, 0.05) is 38.5 Å². The van der Waals surface area contributed by atoms with Crippen molar-refractivity contribution in [2.24, 2.45) is 5.92 Å². The van der Waals surface area contributed by atoms with Crippen molar-refractivity contribution in [2.45, 2.75) is 37.9 Å². The fraction of sp³-hybridized carbons (Fsp3) is 0.526. The van der Waals surface area contributed by atoms with Gasteiger partial charge in [-0.15, -0.1) is 0 Å². The summed E-state index contributed by atoms with van der Waals surface area (Å²) in [6.45, 7) is 3.03. The van der Waals surface area contributed by atoms with Gasteiger partial charge >= 0.3 is 6.09 Å². The van der Waals surface area contributed by atoms with E-state index in [9.17, 15) is 9.18 Å². The second-order valence-corrected chi connectivity index (χ2v) is 7.05. The predicted octanol–water partition coefficient (Wildman–Crippen LogP) is 3.55. The maximum absolute atomic E-state index is 14.8. The second kappa shape index (κ2) is 6.93. The van der Waals surface area contributed by atoms with E-state index in [0.29, 0.717) is 18.5 Å². The third-order valence-corrected chi connectivity index (χ3v) is 5.18. The van der Waals surface area contributed by atoms with Gasteiger partial charge in [0.15, 0.2) is 0 Å². The third-order valence-electron chi connectivity index (χ3n) is 5.18. The molecule has 1 saturated carbocycles. The molecule has 0 bridgehead atoms. The third kappa shape index (κ3) is 4.15. The summed E-state index contributed by atoms with van der Waals surface area (Å²) in [5, 5.41) is 12.3. The number of nitrogens with one attached hydrogen (secondary N) is 1. The topological polar surface area (TPSA) is 52.6 Å². The highest BCUT2D eigenvalue weighted by molar-refractivity contribution is 5.65. The van der Waals surface area contributed by atoms with Gasteiger partial charge in [0.05, 0.1) is 0 Å². The summed E-state index contributed by atoms with van der Waals surface area (Å²) >= 11 is 0. The number of benzene rings is 1. The molecule has 1 heterocycles. The van der Waals surface area contributed by atoms with Crippen LogP contribution >= 0.6 is 0 Å². The Hall–Kier alpha value is -1.88. The van der Waals surface area contributed by atoms with E-state index in [1.54, 1.807) is 0 Å². The van der Waals surface area contributed by atoms with Crippen molar-refractivity contribution in [1.82, 2.24) is 10.2 Å². The van der Waals surface area contributed by atoms with E-state index in [1.807, 2.05) is 18.2 Å². The van der Waals surface area contributed by atoms with Gasteiger partial charge in [-0.3, -0.25) is 0 Å². The smallest absolute Gasteiger partial charge is 0.407 e. The molecule has 2 fully saturated rings. The summed E-state index contributed by atoms with van der Waals surface area (Å²) in [6, 6.07) is 10.6. The van der Waals surface area contributed by atoms with Crippen LogP contribution in [0.4, 0.5) is 9.18 Å². The number of rotatable bonds is 5. The first-order chi connectivity index (χ1) is 11.5. The van der Waals surface area contributed by atoms with Crippen molar-refractivity contribution >= 4 is 12.2 Å². The standard InChI is InChI=1S/C19H25FN2O2/c1-14(11-15-5-3-2-4-6-15)16-12-17(16)21-13-19(20)7-9-22(10-8-19)18(23)24/h2-6,11,16-17,21H,7-10,12-13H2,1H3,(H,23,24). The fourth-order valence-corrected chi connectivity index (χ4v) is 3.43. The van der Waals surface area contributed by atoms with Crippen LogP contribution in [0.1, 0.15) is 31.7 Å². The van der Waals surface area contributed by atoms with Crippen LogP contribution in [0, 0.1) is 5.92 Å². The van der Waals surface area contributed by atoms with Crippen LogP contribution in [0.5, 0.6) is 0 Å². The molecule has 0 spiro atoms. The minimum absolute atomic E-state index is 0.280. The van der Waals surface area contributed by atoms with E-state index in [-0.39, 0.29) is 25.9 Å². The van der Waals surface area contributed by atoms with Gasteiger partial charge in [-0.05, 0) is 24.8 Å². The average Bonchev–Trinajstić information content (AvgIpc) is 3.34. The van der Waals surface area contributed by atoms with Crippen LogP contribution in [-0.2, 0) is 0 Å². The van der Waals surface area contributed by atoms with E-state index in [1.165, 1.54) is 16.0 Å². The van der Waals surface area contributed by atoms with Crippen LogP contribution in [0.2, 0.25) is 0 Å². The van der Waals surface area contributed by atoms with Gasteiger partial charge in [-0.25, -0.2) is 9.18 Å². The van der Waals surface area contributed by atoms with E-state index in [0.717, 1.165) is 6.42 Å². The molecule has 2 atom stereocenters. The van der Waals surface area contributed by atoms with Crippen molar-refractivity contribution in [2.75, 3.05) is 19.6 Å². The maximum atomic E-state index is 14.8. The largest absolute Gasteiger partial charge is 0.465 e. The lowest BCUT2D eigenvalue weighted by atomic mass is 9.93. The Morgan fingerprint density at radius 3 is 2.67 bits per heavy atom. The number of alkyl halides is 1. The summed E-state index contributed by atoms with van der Waals surface area (Å²) in [5.74, 6) is 0.480. The number of hydrogen-bond donors (Lipinski definition) is 2. The molecule has 2 N–H and O–H groups in total. The minimum Gasteiger partial charge on any atom is -0.465 e. The zero-order chi connectivity index (χ0) is 17.2. The van der Waals surface area contributed by atoms with Gasteiger partial charge in [-0.1, -0.05) is 42.0 Å². The van der Waals surface area contributed by atoms with E-state index < -0.39 is 11.8 Å². The van der Waals surface area contributed by atoms with Crippen LogP contribution in [0.15, 0.2) is 35.9 Å². The first-order valence-corrected chi connectivity index (χ1v) is 8.60. The molecule has 4 nitrogen and oxygen atoms in total. The van der Waals surface area contributed by atoms with Crippen molar-refractivity contribution in [3.63, 3.8) is 0 Å². The summed E-state index contributed by atoms with van der Waals surface area (Å²) in [5.41, 5.74) is 1.24. The zero-order valence-corrected chi connectivity index (χ0v) is 14.0. The molecule has 1 aliphatic heterocycles. The average molecular weight is 332 g/mol. The molecule has 24 heavy (non-hydrogen) atoms. The second-order valence-electron chi connectivity index (χ2n) is 7.05. The van der Waals surface area contributed by atoms with E-state index in [2.05, 4.69) is 30.4 Å². The van der Waals surface area contributed by atoms with Crippen LogP contribution in [0.3, 0.4) is 0 Å². The Kier molecular flexibility index (Phi) is 4.90. The number of carbonyl (C=O) groups is 1. The van der Waals surface area contributed by atoms with E-state index >= 15 is 0 Å². The van der Waals surface area contributed by atoms with Crippen LogP contribution in [-0.4, -0.2) is 47.4 Å². The number of halogens is 1. The highest BCUT2D eigenvalue weighted by Gasteiger charge is 2.41. The van der Waals surface area contributed by atoms with Gasteiger partial charge in [-0.2, -0.15) is 0 Å². The molecule has 0 radical (unpaired) electrons. The molecule has 2 unspecified atom stereocenters. The SMILES string of the molecule is CC(=Cc1ccccc1)C1CC1NCC1(F)CCN(C(=O)O)CC1. The Morgan fingerprint density at radius 2 is 2.04 bits per heavy atom. The molecule has 2 aliphatic rings. The van der Waals surface area contributed by atoms with Gasteiger partial charge in [0.25, 0.3) is 0 Å². The van der Waals surface area contributed by atoms with Crippen molar-refractivity contribution < 1.29 is 14.3 Å². The molecule has 5 heteroatoms. The number of hydrogen-bond acceptors (Lipinski definition) is 2. The normalized spacial score (nSPS) is 26.2. The highest BCUT2D eigenvalue weighted by atomic mass is 19.1. The predicted molar refractivity (Wildman–Crippen MR) is 92.7 cm³/mol. The number of piperidine rings is 1. The molecule has 1 saturated heterocycles. The number of carboxylic acid groups (broad SMARTS) is 1.